The van der Waals surface area contributed by atoms with E-state index < -0.39 is 10.4 Å². The minimum absolute atomic E-state index is 0.0141. The summed E-state index contributed by atoms with van der Waals surface area (Å²) in [5.74, 6) is -0.0862. The predicted octanol–water partition coefficient (Wildman–Crippen LogP) is -0.918. The van der Waals surface area contributed by atoms with Crippen molar-refractivity contribution in [2.75, 3.05) is 52.5 Å². The number of ether oxygens (including phenoxy) is 1. The van der Waals surface area contributed by atoms with Crippen molar-refractivity contribution in [2.24, 2.45) is 5.92 Å². The topological polar surface area (TPSA) is 105 Å². The standard InChI is InChI=1S/C12H24N2O6S/c1-11(2)12(15)13-3-4-14(5-8-19-9-6-14)7-10-20-21(16,17)18/h11H,3-10H2,1-2H3,(H-,13,15,16,17,18). The lowest BCUT2D eigenvalue weighted by Crippen LogP contribution is -2.59. The smallest absolute Gasteiger partial charge is 0.222 e. The van der Waals surface area contributed by atoms with Crippen LogP contribution in [0.4, 0.5) is 0 Å². The van der Waals surface area contributed by atoms with Crippen molar-refractivity contribution in [2.45, 2.75) is 13.8 Å². The van der Waals surface area contributed by atoms with Crippen molar-refractivity contribution >= 4 is 16.3 Å². The van der Waals surface area contributed by atoms with Gasteiger partial charge < -0.3 is 19.1 Å². The van der Waals surface area contributed by atoms with Gasteiger partial charge in [0.15, 0.2) is 0 Å². The van der Waals surface area contributed by atoms with Crippen LogP contribution in [0.3, 0.4) is 0 Å². The molecule has 0 aliphatic carbocycles. The third kappa shape index (κ3) is 7.18. The van der Waals surface area contributed by atoms with E-state index in [4.69, 9.17) is 4.74 Å². The summed E-state index contributed by atoms with van der Waals surface area (Å²) in [5, 5.41) is 2.84. The summed E-state index contributed by atoms with van der Waals surface area (Å²) in [6.07, 6.45) is 0. The second-order valence-corrected chi connectivity index (χ2v) is 6.58. The van der Waals surface area contributed by atoms with Crippen LogP contribution >= 0.6 is 0 Å². The molecule has 1 fully saturated rings. The van der Waals surface area contributed by atoms with Gasteiger partial charge in [-0.1, -0.05) is 13.8 Å². The van der Waals surface area contributed by atoms with E-state index in [2.05, 4.69) is 9.50 Å². The number of nitrogens with zero attached hydrogens (tertiary/aromatic N) is 1. The Morgan fingerprint density at radius 2 is 1.95 bits per heavy atom. The highest BCUT2D eigenvalue weighted by Crippen LogP contribution is 2.11. The minimum Gasteiger partial charge on any atom is -0.726 e. The first-order chi connectivity index (χ1) is 9.74. The molecule has 1 amide bonds. The Balaban J connectivity index is 2.47. The number of hydrogen-bond donors (Lipinski definition) is 1. The molecule has 1 rings (SSSR count). The molecule has 1 aliphatic rings. The molecule has 9 heteroatoms. The van der Waals surface area contributed by atoms with E-state index in [1.165, 1.54) is 0 Å². The van der Waals surface area contributed by atoms with Crippen molar-refractivity contribution in [1.29, 1.82) is 0 Å². The van der Waals surface area contributed by atoms with Gasteiger partial charge in [-0.3, -0.25) is 8.98 Å². The van der Waals surface area contributed by atoms with E-state index in [0.29, 0.717) is 50.4 Å². The van der Waals surface area contributed by atoms with Crippen LogP contribution < -0.4 is 5.32 Å². The lowest BCUT2D eigenvalue weighted by Gasteiger charge is -2.41. The van der Waals surface area contributed by atoms with Gasteiger partial charge in [-0.05, 0) is 0 Å². The van der Waals surface area contributed by atoms with Crippen molar-refractivity contribution in [3.63, 3.8) is 0 Å². The number of carbonyl (C=O) groups is 1. The maximum atomic E-state index is 11.5. The van der Waals surface area contributed by atoms with E-state index in [-0.39, 0.29) is 18.4 Å². The zero-order valence-corrected chi connectivity index (χ0v) is 13.4. The van der Waals surface area contributed by atoms with Gasteiger partial charge in [0.05, 0.1) is 26.3 Å². The molecule has 0 atom stereocenters. The Labute approximate surface area is 125 Å². The fourth-order valence-corrected chi connectivity index (χ4v) is 2.52. The summed E-state index contributed by atoms with van der Waals surface area (Å²) in [6, 6.07) is 0. The molecule has 124 valence electrons. The average Bonchev–Trinajstić information content (AvgIpc) is 2.38. The number of hydrogen-bond acceptors (Lipinski definition) is 6. The monoisotopic (exact) mass is 324 g/mol. The number of amides is 1. The van der Waals surface area contributed by atoms with Crippen LogP contribution in [0.5, 0.6) is 0 Å². The molecule has 0 spiro atoms. The van der Waals surface area contributed by atoms with Gasteiger partial charge in [-0.25, -0.2) is 8.42 Å². The molecule has 0 aromatic rings. The molecule has 0 aromatic heterocycles. The largest absolute Gasteiger partial charge is 0.726 e. The summed E-state index contributed by atoms with van der Waals surface area (Å²) in [7, 11) is -4.66. The normalized spacial score (nSPS) is 18.7. The minimum atomic E-state index is -4.66. The SMILES string of the molecule is CC(C)C(=O)NCC[N+]1(CCOS(=O)(=O)[O-])CCOCC1. The Morgan fingerprint density at radius 1 is 1.33 bits per heavy atom. The highest BCUT2D eigenvalue weighted by atomic mass is 32.3. The van der Waals surface area contributed by atoms with Gasteiger partial charge in [0.1, 0.15) is 26.2 Å². The van der Waals surface area contributed by atoms with Crippen LogP contribution in [0, 0.1) is 5.92 Å². The van der Waals surface area contributed by atoms with Gasteiger partial charge in [0, 0.05) is 5.92 Å². The first-order valence-corrected chi connectivity index (χ1v) is 8.38. The molecule has 0 radical (unpaired) electrons. The van der Waals surface area contributed by atoms with E-state index in [0.717, 1.165) is 0 Å². The molecule has 1 aliphatic heterocycles. The third-order valence-electron chi connectivity index (χ3n) is 3.62. The highest BCUT2D eigenvalue weighted by Gasteiger charge is 2.30. The number of carbonyl (C=O) groups excluding carboxylic acids is 1. The number of rotatable bonds is 8. The zero-order valence-electron chi connectivity index (χ0n) is 12.5. The summed E-state index contributed by atoms with van der Waals surface area (Å²) in [5.41, 5.74) is 0. The van der Waals surface area contributed by atoms with Crippen molar-refractivity contribution in [3.05, 3.63) is 0 Å². The summed E-state index contributed by atoms with van der Waals surface area (Å²) >= 11 is 0. The lowest BCUT2D eigenvalue weighted by atomic mass is 10.2. The molecule has 1 N–H and O–H groups in total. The van der Waals surface area contributed by atoms with E-state index in [1.807, 2.05) is 13.8 Å². The lowest BCUT2D eigenvalue weighted by molar-refractivity contribution is -0.934. The van der Waals surface area contributed by atoms with Crippen molar-refractivity contribution in [3.8, 4) is 0 Å². The molecular weight excluding hydrogens is 300 g/mol. The fourth-order valence-electron chi connectivity index (χ4n) is 2.24. The molecule has 0 unspecified atom stereocenters. The van der Waals surface area contributed by atoms with Crippen molar-refractivity contribution in [1.82, 2.24) is 5.32 Å². The van der Waals surface area contributed by atoms with Crippen molar-refractivity contribution < 1.29 is 31.2 Å². The van der Waals surface area contributed by atoms with Gasteiger partial charge in [-0.2, -0.15) is 0 Å². The molecule has 0 saturated carbocycles. The van der Waals surface area contributed by atoms with Gasteiger partial charge in [0.2, 0.25) is 16.3 Å². The molecule has 1 heterocycles. The zero-order chi connectivity index (χ0) is 15.9. The Kier molecular flexibility index (Phi) is 7.01. The molecule has 0 aromatic carbocycles. The Hall–Kier alpha value is -0.740. The number of quaternary nitrogens is 1. The quantitative estimate of drug-likeness (QED) is 0.352. The molecule has 8 nitrogen and oxygen atoms in total. The van der Waals surface area contributed by atoms with Crippen LogP contribution in [-0.4, -0.2) is 75.9 Å². The predicted molar refractivity (Wildman–Crippen MR) is 74.0 cm³/mol. The highest BCUT2D eigenvalue weighted by molar-refractivity contribution is 7.80. The second-order valence-electron chi connectivity index (χ2n) is 5.52. The number of morpholine rings is 1. The van der Waals surface area contributed by atoms with E-state index in [1.54, 1.807) is 0 Å². The summed E-state index contributed by atoms with van der Waals surface area (Å²) in [4.78, 5) is 11.5. The van der Waals surface area contributed by atoms with Crippen LogP contribution in [0.1, 0.15) is 13.8 Å². The molecule has 21 heavy (non-hydrogen) atoms. The van der Waals surface area contributed by atoms with Gasteiger partial charge in [-0.15, -0.1) is 0 Å². The van der Waals surface area contributed by atoms with Crippen LogP contribution in [0.25, 0.3) is 0 Å². The van der Waals surface area contributed by atoms with E-state index in [9.17, 15) is 17.8 Å². The first kappa shape index (κ1) is 18.3. The Morgan fingerprint density at radius 3 is 2.48 bits per heavy atom. The first-order valence-electron chi connectivity index (χ1n) is 7.05. The fraction of sp³-hybridized carbons (Fsp3) is 0.917. The molecule has 1 saturated heterocycles. The summed E-state index contributed by atoms with van der Waals surface area (Å²) in [6.45, 7) is 7.62. The number of nitrogens with one attached hydrogen (secondary N) is 1. The van der Waals surface area contributed by atoms with Crippen LogP contribution in [-0.2, 0) is 24.1 Å². The van der Waals surface area contributed by atoms with Gasteiger partial charge in [0.25, 0.3) is 0 Å². The average molecular weight is 324 g/mol. The third-order valence-corrected chi connectivity index (χ3v) is 4.08. The van der Waals surface area contributed by atoms with Crippen LogP contribution in [0.15, 0.2) is 0 Å². The van der Waals surface area contributed by atoms with Gasteiger partial charge >= 0.3 is 0 Å². The molecule has 0 bridgehead atoms. The maximum Gasteiger partial charge on any atom is 0.222 e. The molecular formula is C12H24N2O6S. The Bertz CT molecular complexity index is 431. The van der Waals surface area contributed by atoms with Crippen LogP contribution in [0.2, 0.25) is 0 Å². The van der Waals surface area contributed by atoms with E-state index >= 15 is 0 Å². The summed E-state index contributed by atoms with van der Waals surface area (Å²) < 4.78 is 41.7. The second kappa shape index (κ2) is 8.04. The maximum absolute atomic E-state index is 11.5.